The number of nitrogens with one attached hydrogen (secondary N) is 1. The fraction of sp³-hybridized carbons (Fsp3) is 0.316. The van der Waals surface area contributed by atoms with E-state index in [1.54, 1.807) is 19.2 Å². The maximum Gasteiger partial charge on any atom is 0.292 e. The summed E-state index contributed by atoms with van der Waals surface area (Å²) < 4.78 is 5.41. The number of hydrogen-bond acceptors (Lipinski definition) is 6. The first-order valence-electron chi connectivity index (χ1n) is 8.72. The molecular formula is C19H22N4O4. The van der Waals surface area contributed by atoms with Gasteiger partial charge >= 0.3 is 0 Å². The molecule has 0 spiro atoms. The molecule has 8 nitrogen and oxygen atoms in total. The smallest absolute Gasteiger partial charge is 0.292 e. The number of ether oxygens (including phenoxy) is 1. The third-order valence-electron chi connectivity index (χ3n) is 4.54. The van der Waals surface area contributed by atoms with Gasteiger partial charge in [0.15, 0.2) is 0 Å². The highest BCUT2D eigenvalue weighted by atomic mass is 16.6. The zero-order valence-corrected chi connectivity index (χ0v) is 15.1. The lowest BCUT2D eigenvalue weighted by Crippen LogP contribution is -2.48. The Kier molecular flexibility index (Phi) is 5.87. The predicted molar refractivity (Wildman–Crippen MR) is 103 cm³/mol. The number of hydrogen-bond donors (Lipinski definition) is 1. The minimum Gasteiger partial charge on any atom is -0.495 e. The lowest BCUT2D eigenvalue weighted by Gasteiger charge is -2.36. The van der Waals surface area contributed by atoms with Crippen LogP contribution in [0.2, 0.25) is 0 Å². The maximum absolute atomic E-state index is 12.3. The van der Waals surface area contributed by atoms with Crippen molar-refractivity contribution in [3.8, 4) is 5.75 Å². The number of benzene rings is 2. The van der Waals surface area contributed by atoms with Crippen LogP contribution >= 0.6 is 0 Å². The zero-order valence-electron chi connectivity index (χ0n) is 15.1. The van der Waals surface area contributed by atoms with Gasteiger partial charge in [0.05, 0.1) is 24.3 Å². The van der Waals surface area contributed by atoms with Crippen molar-refractivity contribution in [2.75, 3.05) is 50.1 Å². The van der Waals surface area contributed by atoms with Crippen LogP contribution in [0.15, 0.2) is 48.5 Å². The number of rotatable bonds is 6. The Morgan fingerprint density at radius 2 is 1.78 bits per heavy atom. The van der Waals surface area contributed by atoms with Crippen LogP contribution in [0.4, 0.5) is 17.1 Å². The van der Waals surface area contributed by atoms with Crippen molar-refractivity contribution in [2.24, 2.45) is 0 Å². The Morgan fingerprint density at radius 3 is 2.48 bits per heavy atom. The summed E-state index contributed by atoms with van der Waals surface area (Å²) in [6.07, 6.45) is 0. The summed E-state index contributed by atoms with van der Waals surface area (Å²) in [5.41, 5.74) is 1.16. The Labute approximate surface area is 157 Å². The van der Waals surface area contributed by atoms with E-state index in [0.717, 1.165) is 37.6 Å². The fourth-order valence-corrected chi connectivity index (χ4v) is 3.17. The first kappa shape index (κ1) is 18.7. The van der Waals surface area contributed by atoms with E-state index in [9.17, 15) is 14.9 Å². The zero-order chi connectivity index (χ0) is 19.2. The van der Waals surface area contributed by atoms with Crippen LogP contribution in [0.5, 0.6) is 5.75 Å². The molecule has 0 radical (unpaired) electrons. The number of para-hydroxylation sites is 4. The largest absolute Gasteiger partial charge is 0.495 e. The average Bonchev–Trinajstić information content (AvgIpc) is 2.68. The van der Waals surface area contributed by atoms with Crippen molar-refractivity contribution in [1.29, 1.82) is 0 Å². The van der Waals surface area contributed by atoms with Gasteiger partial charge in [-0.2, -0.15) is 0 Å². The molecule has 8 heteroatoms. The van der Waals surface area contributed by atoms with E-state index in [4.69, 9.17) is 4.74 Å². The molecule has 0 aromatic heterocycles. The summed E-state index contributed by atoms with van der Waals surface area (Å²) in [6.45, 7) is 3.20. The minimum absolute atomic E-state index is 0.105. The summed E-state index contributed by atoms with van der Waals surface area (Å²) in [4.78, 5) is 27.1. The van der Waals surface area contributed by atoms with Crippen LogP contribution in [-0.2, 0) is 4.79 Å². The molecule has 1 N–H and O–H groups in total. The van der Waals surface area contributed by atoms with Crippen molar-refractivity contribution in [3.05, 3.63) is 58.6 Å². The molecule has 1 aliphatic rings. The summed E-state index contributed by atoms with van der Waals surface area (Å²) in [5, 5.41) is 13.7. The molecule has 1 amide bonds. The van der Waals surface area contributed by atoms with Crippen LogP contribution in [0.1, 0.15) is 0 Å². The van der Waals surface area contributed by atoms with Gasteiger partial charge in [-0.1, -0.05) is 24.3 Å². The highest BCUT2D eigenvalue weighted by Gasteiger charge is 2.22. The molecule has 1 saturated heterocycles. The number of amides is 1. The maximum atomic E-state index is 12.3. The van der Waals surface area contributed by atoms with E-state index in [2.05, 4.69) is 10.2 Å². The van der Waals surface area contributed by atoms with Crippen LogP contribution in [-0.4, -0.2) is 55.6 Å². The summed E-state index contributed by atoms with van der Waals surface area (Å²) in [5.74, 6) is 0.579. The molecule has 1 fully saturated rings. The summed E-state index contributed by atoms with van der Waals surface area (Å²) >= 11 is 0. The van der Waals surface area contributed by atoms with Crippen molar-refractivity contribution >= 4 is 23.0 Å². The Bertz CT molecular complexity index is 819. The molecule has 2 aromatic carbocycles. The first-order chi connectivity index (χ1) is 13.1. The number of anilines is 2. The Morgan fingerprint density at radius 1 is 1.11 bits per heavy atom. The third-order valence-corrected chi connectivity index (χ3v) is 4.54. The monoisotopic (exact) mass is 370 g/mol. The van der Waals surface area contributed by atoms with Crippen molar-refractivity contribution in [3.63, 3.8) is 0 Å². The van der Waals surface area contributed by atoms with Gasteiger partial charge < -0.3 is 15.0 Å². The summed E-state index contributed by atoms with van der Waals surface area (Å²) in [7, 11) is 1.65. The topological polar surface area (TPSA) is 88.0 Å². The minimum atomic E-state index is -0.498. The second kappa shape index (κ2) is 8.50. The normalized spacial score (nSPS) is 14.6. The number of nitro benzene ring substituents is 1. The standard InChI is InChI=1S/C19H22N4O4/c1-27-18-9-5-4-8-17(18)22-12-10-21(11-13-22)14-19(24)20-15-6-2-3-7-16(15)23(25)26/h2-9H,10-14H2,1H3,(H,20,24). The SMILES string of the molecule is COc1ccccc1N1CCN(CC(=O)Nc2ccccc2[N+](=O)[O-])CC1. The number of nitro groups is 1. The lowest BCUT2D eigenvalue weighted by atomic mass is 10.2. The number of piperazine rings is 1. The van der Waals surface area contributed by atoms with Gasteiger partial charge in [-0.25, -0.2) is 0 Å². The second-order valence-electron chi connectivity index (χ2n) is 6.26. The number of carbonyl (C=O) groups excluding carboxylic acids is 1. The number of methoxy groups -OCH3 is 1. The van der Waals surface area contributed by atoms with Crippen LogP contribution in [0, 0.1) is 10.1 Å². The van der Waals surface area contributed by atoms with Crippen molar-refractivity contribution in [1.82, 2.24) is 4.90 Å². The quantitative estimate of drug-likeness (QED) is 0.620. The van der Waals surface area contributed by atoms with Gasteiger partial charge in [-0.05, 0) is 18.2 Å². The Hall–Kier alpha value is -3.13. The number of nitrogens with zero attached hydrogens (tertiary/aromatic N) is 3. The average molecular weight is 370 g/mol. The van der Waals surface area contributed by atoms with E-state index in [0.29, 0.717) is 0 Å². The highest BCUT2D eigenvalue weighted by molar-refractivity contribution is 5.94. The molecule has 0 atom stereocenters. The van der Waals surface area contributed by atoms with Crippen molar-refractivity contribution < 1.29 is 14.5 Å². The fourth-order valence-electron chi connectivity index (χ4n) is 3.17. The summed E-state index contributed by atoms with van der Waals surface area (Å²) in [6, 6.07) is 14.0. The molecular weight excluding hydrogens is 348 g/mol. The lowest BCUT2D eigenvalue weighted by molar-refractivity contribution is -0.383. The van der Waals surface area contributed by atoms with Gasteiger partial charge in [0.1, 0.15) is 11.4 Å². The second-order valence-corrected chi connectivity index (χ2v) is 6.26. The van der Waals surface area contributed by atoms with E-state index in [1.807, 2.05) is 29.2 Å². The molecule has 1 heterocycles. The van der Waals surface area contributed by atoms with Gasteiger partial charge in [-0.15, -0.1) is 0 Å². The van der Waals surface area contributed by atoms with Crippen LogP contribution in [0.25, 0.3) is 0 Å². The first-order valence-corrected chi connectivity index (χ1v) is 8.72. The molecule has 0 bridgehead atoms. The molecule has 3 rings (SSSR count). The van der Waals surface area contributed by atoms with Gasteiger partial charge in [-0.3, -0.25) is 19.8 Å². The van der Waals surface area contributed by atoms with Crippen molar-refractivity contribution in [2.45, 2.75) is 0 Å². The molecule has 0 saturated carbocycles. The molecule has 0 aliphatic carbocycles. The van der Waals surface area contributed by atoms with Gasteiger partial charge in [0, 0.05) is 32.2 Å². The van der Waals surface area contributed by atoms with E-state index in [1.165, 1.54) is 12.1 Å². The van der Waals surface area contributed by atoms with Gasteiger partial charge in [0.25, 0.3) is 5.69 Å². The van der Waals surface area contributed by atoms with E-state index >= 15 is 0 Å². The number of carbonyl (C=O) groups is 1. The highest BCUT2D eigenvalue weighted by Crippen LogP contribution is 2.28. The third kappa shape index (κ3) is 4.53. The van der Waals surface area contributed by atoms with Crippen LogP contribution in [0.3, 0.4) is 0 Å². The van der Waals surface area contributed by atoms with Gasteiger partial charge in [0.2, 0.25) is 5.91 Å². The Balaban J connectivity index is 1.55. The van der Waals surface area contributed by atoms with E-state index in [-0.39, 0.29) is 23.8 Å². The van der Waals surface area contributed by atoms with E-state index < -0.39 is 4.92 Å². The molecule has 142 valence electrons. The molecule has 27 heavy (non-hydrogen) atoms. The molecule has 1 aliphatic heterocycles. The van der Waals surface area contributed by atoms with Crippen LogP contribution < -0.4 is 15.0 Å². The molecule has 0 unspecified atom stereocenters. The molecule has 2 aromatic rings. The predicted octanol–water partition coefficient (Wildman–Crippen LogP) is 2.36.